The quantitative estimate of drug-likeness (QED) is 0.144. The molecule has 10 nitrogen and oxygen atoms in total. The zero-order chi connectivity index (χ0) is 30.2. The number of aromatic nitrogens is 4. The number of methoxy groups -OCH3 is 1. The summed E-state index contributed by atoms with van der Waals surface area (Å²) in [5.41, 5.74) is 0.862. The van der Waals surface area contributed by atoms with Crippen LogP contribution in [-0.4, -0.2) is 42.1 Å². The molecule has 0 aliphatic heterocycles. The normalized spacial score (nSPS) is 11.8. The number of hydrogen-bond acceptors (Lipinski definition) is 9. The number of benzene rings is 2. The average Bonchev–Trinajstić information content (AvgIpc) is 2.98. The Kier molecular flexibility index (Phi) is 9.74. The highest BCUT2D eigenvalue weighted by atomic mass is 32.2. The van der Waals surface area contributed by atoms with Gasteiger partial charge in [0.1, 0.15) is 0 Å². The lowest BCUT2D eigenvalue weighted by Gasteiger charge is -2.20. The molecule has 0 saturated carbocycles. The van der Waals surface area contributed by atoms with Crippen molar-refractivity contribution < 1.29 is 22.6 Å². The molecule has 2 aromatic heterocycles. The number of sulfonamides is 1. The number of allylic oxidation sites excluding steroid dienone is 1. The van der Waals surface area contributed by atoms with Crippen LogP contribution in [-0.2, 0) is 15.4 Å². The van der Waals surface area contributed by atoms with E-state index in [1.54, 1.807) is 67.0 Å². The first-order chi connectivity index (χ1) is 20.1. The predicted octanol–water partition coefficient (Wildman–Crippen LogP) is 6.57. The third kappa shape index (κ3) is 7.61. The molecule has 0 radical (unpaired) electrons. The second kappa shape index (κ2) is 13.4. The van der Waals surface area contributed by atoms with Crippen LogP contribution in [0.25, 0.3) is 11.6 Å². The Hall–Kier alpha value is -4.51. The van der Waals surface area contributed by atoms with Crippen LogP contribution in [0.1, 0.15) is 46.1 Å². The van der Waals surface area contributed by atoms with Crippen LogP contribution in [0, 0.1) is 0 Å². The van der Waals surface area contributed by atoms with Crippen molar-refractivity contribution in [2.75, 3.05) is 18.4 Å². The Morgan fingerprint density at radius 1 is 0.881 bits per heavy atom. The Labute approximate surface area is 246 Å². The lowest BCUT2D eigenvalue weighted by Crippen LogP contribution is -2.17. The minimum atomic E-state index is -4.11. The first-order valence-corrected chi connectivity index (χ1v) is 15.0. The number of para-hydroxylation sites is 2. The number of anilines is 1. The van der Waals surface area contributed by atoms with Gasteiger partial charge in [0.25, 0.3) is 15.9 Å². The summed E-state index contributed by atoms with van der Waals surface area (Å²) in [6, 6.07) is 15.3. The van der Waals surface area contributed by atoms with Crippen LogP contribution < -0.4 is 18.9 Å². The topological polar surface area (TPSA) is 125 Å². The highest BCUT2D eigenvalue weighted by molar-refractivity contribution is 7.92. The largest absolute Gasteiger partial charge is 0.493 e. The molecule has 2 aromatic carbocycles. The molecule has 0 fully saturated rings. The molecular weight excluding hydrogens is 554 g/mol. The van der Waals surface area contributed by atoms with E-state index in [4.69, 9.17) is 14.2 Å². The molecule has 4 rings (SSSR count). The fourth-order valence-electron chi connectivity index (χ4n) is 3.84. The fraction of sp³-hybridized carbons (Fsp3) is 0.290. The summed E-state index contributed by atoms with van der Waals surface area (Å²) in [6.45, 7) is 8.48. The summed E-state index contributed by atoms with van der Waals surface area (Å²) < 4.78 is 47.6. The van der Waals surface area contributed by atoms with E-state index in [0.717, 1.165) is 12.0 Å². The molecule has 0 amide bonds. The van der Waals surface area contributed by atoms with Crippen LogP contribution in [0.15, 0.2) is 84.0 Å². The van der Waals surface area contributed by atoms with Gasteiger partial charge in [0.15, 0.2) is 23.1 Å². The van der Waals surface area contributed by atoms with Crippen molar-refractivity contribution >= 4 is 15.8 Å². The van der Waals surface area contributed by atoms with E-state index < -0.39 is 10.0 Å². The van der Waals surface area contributed by atoms with E-state index in [1.807, 2.05) is 19.1 Å². The molecule has 1 N–H and O–H groups in total. The van der Waals surface area contributed by atoms with Gasteiger partial charge >= 0.3 is 0 Å². The minimum absolute atomic E-state index is 0.0176. The van der Waals surface area contributed by atoms with Crippen molar-refractivity contribution in [3.63, 3.8) is 0 Å². The summed E-state index contributed by atoms with van der Waals surface area (Å²) in [5.74, 6) is 0.833. The van der Waals surface area contributed by atoms with Gasteiger partial charge in [0.05, 0.1) is 18.6 Å². The van der Waals surface area contributed by atoms with Gasteiger partial charge in [0, 0.05) is 12.4 Å². The van der Waals surface area contributed by atoms with Crippen molar-refractivity contribution in [1.82, 2.24) is 19.9 Å². The lowest BCUT2D eigenvalue weighted by atomic mass is 9.87. The smallest absolute Gasteiger partial charge is 0.263 e. The second-order valence-corrected chi connectivity index (χ2v) is 11.9. The Morgan fingerprint density at radius 2 is 1.57 bits per heavy atom. The van der Waals surface area contributed by atoms with Gasteiger partial charge in [-0.1, -0.05) is 64.1 Å². The molecule has 42 heavy (non-hydrogen) atoms. The van der Waals surface area contributed by atoms with E-state index in [2.05, 4.69) is 45.4 Å². The first-order valence-electron chi connectivity index (χ1n) is 13.5. The molecule has 0 aliphatic carbocycles. The molecule has 4 aromatic rings. The standard InChI is InChI=1S/C31H35N5O5S/c1-6-7-8-11-21-40-30-26(41-25-14-10-9-13-24(25)39-5)27(34-29(35-30)28-32-19-12-20-33-28)36-42(37,38)23-17-15-22(16-18-23)31(2,3)4/h7-10,12-20H,6,11,21H2,1-5H3,(H,34,35,36)/b8-7+. The first kappa shape index (κ1) is 30.4. The Morgan fingerprint density at radius 3 is 2.21 bits per heavy atom. The van der Waals surface area contributed by atoms with Crippen LogP contribution in [0.4, 0.5) is 5.82 Å². The van der Waals surface area contributed by atoms with E-state index in [-0.39, 0.29) is 46.0 Å². The van der Waals surface area contributed by atoms with E-state index >= 15 is 0 Å². The van der Waals surface area contributed by atoms with Crippen molar-refractivity contribution in [2.24, 2.45) is 0 Å². The van der Waals surface area contributed by atoms with Crippen molar-refractivity contribution in [1.29, 1.82) is 0 Å². The van der Waals surface area contributed by atoms with E-state index in [1.165, 1.54) is 7.11 Å². The predicted molar refractivity (Wildman–Crippen MR) is 162 cm³/mol. The van der Waals surface area contributed by atoms with Crippen LogP contribution in [0.5, 0.6) is 23.1 Å². The van der Waals surface area contributed by atoms with Crippen molar-refractivity contribution in [2.45, 2.75) is 50.8 Å². The van der Waals surface area contributed by atoms with Gasteiger partial charge in [-0.2, -0.15) is 4.98 Å². The number of nitrogens with zero attached hydrogens (tertiary/aromatic N) is 4. The maximum atomic E-state index is 13.6. The third-order valence-corrected chi connectivity index (χ3v) is 7.42. The highest BCUT2D eigenvalue weighted by Gasteiger charge is 2.26. The molecule has 220 valence electrons. The number of nitrogens with one attached hydrogen (secondary N) is 1. The van der Waals surface area contributed by atoms with Gasteiger partial charge in [-0.25, -0.2) is 23.4 Å². The molecule has 2 heterocycles. The molecule has 11 heteroatoms. The van der Waals surface area contributed by atoms with Gasteiger partial charge in [0.2, 0.25) is 11.6 Å². The average molecular weight is 590 g/mol. The molecule has 0 aliphatic rings. The highest BCUT2D eigenvalue weighted by Crippen LogP contribution is 2.41. The van der Waals surface area contributed by atoms with E-state index in [0.29, 0.717) is 17.9 Å². The maximum Gasteiger partial charge on any atom is 0.263 e. The van der Waals surface area contributed by atoms with Gasteiger partial charge in [-0.05, 0) is 54.2 Å². The SMILES string of the molecule is CC/C=C/CCOc1nc(-c2ncccn2)nc(NS(=O)(=O)c2ccc(C(C)(C)C)cc2)c1Oc1ccccc1OC. The zero-order valence-electron chi connectivity index (χ0n) is 24.4. The van der Waals surface area contributed by atoms with E-state index in [9.17, 15) is 8.42 Å². The Bertz CT molecular complexity index is 1620. The van der Waals surface area contributed by atoms with Gasteiger partial charge in [-0.3, -0.25) is 4.72 Å². The molecular formula is C31H35N5O5S. The van der Waals surface area contributed by atoms with Crippen molar-refractivity contribution in [3.8, 4) is 34.8 Å². The van der Waals surface area contributed by atoms with Crippen LogP contribution in [0.2, 0.25) is 0 Å². The summed E-state index contributed by atoms with van der Waals surface area (Å²) in [6.07, 6.45) is 8.61. The molecule has 0 saturated heterocycles. The number of hydrogen-bond donors (Lipinski definition) is 1. The van der Waals surface area contributed by atoms with Crippen LogP contribution in [0.3, 0.4) is 0 Å². The molecule has 0 bridgehead atoms. The number of ether oxygens (including phenoxy) is 3. The second-order valence-electron chi connectivity index (χ2n) is 10.3. The van der Waals surface area contributed by atoms with Crippen molar-refractivity contribution in [3.05, 3.63) is 84.7 Å². The summed E-state index contributed by atoms with van der Waals surface area (Å²) >= 11 is 0. The molecule has 0 unspecified atom stereocenters. The van der Waals surface area contributed by atoms with Crippen LogP contribution >= 0.6 is 0 Å². The Balaban J connectivity index is 1.83. The molecule has 0 spiro atoms. The maximum absolute atomic E-state index is 13.6. The van der Waals surface area contributed by atoms with Gasteiger partial charge in [-0.15, -0.1) is 0 Å². The summed E-state index contributed by atoms with van der Waals surface area (Å²) in [4.78, 5) is 17.6. The zero-order valence-corrected chi connectivity index (χ0v) is 25.2. The monoisotopic (exact) mass is 589 g/mol. The van der Waals surface area contributed by atoms with Gasteiger partial charge < -0.3 is 14.2 Å². The lowest BCUT2D eigenvalue weighted by molar-refractivity contribution is 0.293. The third-order valence-electron chi connectivity index (χ3n) is 6.07. The summed E-state index contributed by atoms with van der Waals surface area (Å²) in [5, 5.41) is 0. The molecule has 0 atom stereocenters. The minimum Gasteiger partial charge on any atom is -0.493 e. The fourth-order valence-corrected chi connectivity index (χ4v) is 4.85. The number of rotatable bonds is 12. The summed E-state index contributed by atoms with van der Waals surface area (Å²) in [7, 11) is -2.60.